The van der Waals surface area contributed by atoms with Gasteiger partial charge in [0.15, 0.2) is 5.11 Å². The second-order valence-corrected chi connectivity index (χ2v) is 10.0. The number of hydrogen-bond acceptors (Lipinski definition) is 7. The van der Waals surface area contributed by atoms with Crippen LogP contribution in [0.15, 0.2) is 53.4 Å². The van der Waals surface area contributed by atoms with Crippen molar-refractivity contribution < 1.29 is 22.7 Å². The van der Waals surface area contributed by atoms with Crippen LogP contribution >= 0.6 is 12.2 Å². The molecule has 2 aromatic rings. The fraction of sp³-hybridized carbons (Fsp3) is 0.391. The Morgan fingerprint density at radius 2 is 1.71 bits per heavy atom. The minimum atomic E-state index is -3.55. The molecule has 2 N–H and O–H groups in total. The van der Waals surface area contributed by atoms with Crippen LogP contribution in [0.2, 0.25) is 0 Å². The van der Waals surface area contributed by atoms with Crippen LogP contribution in [0.25, 0.3) is 0 Å². The van der Waals surface area contributed by atoms with E-state index >= 15 is 0 Å². The van der Waals surface area contributed by atoms with Gasteiger partial charge in [-0.1, -0.05) is 12.1 Å². The molecule has 1 aliphatic rings. The van der Waals surface area contributed by atoms with E-state index in [4.69, 9.17) is 21.7 Å². The number of anilines is 1. The minimum absolute atomic E-state index is 0.0868. The summed E-state index contributed by atoms with van der Waals surface area (Å²) >= 11 is 5.26. The molecule has 184 valence electrons. The third-order valence-electron chi connectivity index (χ3n) is 5.26. The maximum Gasteiger partial charge on any atom is 0.261 e. The van der Waals surface area contributed by atoms with E-state index in [1.165, 1.54) is 16.4 Å². The van der Waals surface area contributed by atoms with E-state index in [9.17, 15) is 13.2 Å². The average molecular weight is 507 g/mol. The van der Waals surface area contributed by atoms with Gasteiger partial charge in [0.2, 0.25) is 10.0 Å². The van der Waals surface area contributed by atoms with Gasteiger partial charge < -0.3 is 19.7 Å². The number of carbonyl (C=O) groups is 1. The molecule has 0 spiro atoms. The molecule has 1 aliphatic heterocycles. The SMILES string of the molecule is CCOCCOc1ccccc1C(=O)NC(=S)Nc1ccc(S(=O)(=O)N2CCN(C)CC2)cc1. The van der Waals surface area contributed by atoms with E-state index in [2.05, 4.69) is 15.5 Å². The van der Waals surface area contributed by atoms with Crippen LogP contribution < -0.4 is 15.4 Å². The van der Waals surface area contributed by atoms with Crippen molar-refractivity contribution in [1.29, 1.82) is 0 Å². The lowest BCUT2D eigenvalue weighted by molar-refractivity contribution is 0.0958. The van der Waals surface area contributed by atoms with Crippen LogP contribution in [-0.2, 0) is 14.8 Å². The molecule has 0 radical (unpaired) electrons. The zero-order valence-corrected chi connectivity index (χ0v) is 21.0. The Hall–Kier alpha value is -2.57. The van der Waals surface area contributed by atoms with E-state index in [1.54, 1.807) is 36.4 Å². The third kappa shape index (κ3) is 6.97. The highest BCUT2D eigenvalue weighted by molar-refractivity contribution is 7.89. The molecule has 1 amide bonds. The van der Waals surface area contributed by atoms with Crippen molar-refractivity contribution in [3.8, 4) is 5.75 Å². The number of benzene rings is 2. The second-order valence-electron chi connectivity index (χ2n) is 7.68. The van der Waals surface area contributed by atoms with Crippen molar-refractivity contribution in [2.24, 2.45) is 0 Å². The first-order valence-electron chi connectivity index (χ1n) is 11.0. The molecule has 1 heterocycles. The Kier molecular flexibility index (Phi) is 9.36. The number of rotatable bonds is 9. The number of likely N-dealkylation sites (N-methyl/N-ethyl adjacent to an activating group) is 1. The molecule has 3 rings (SSSR count). The molecule has 0 saturated carbocycles. The molecule has 11 heteroatoms. The standard InChI is InChI=1S/C23H30N4O5S2/c1-3-31-16-17-32-21-7-5-4-6-20(21)22(28)25-23(33)24-18-8-10-19(11-9-18)34(29,30)27-14-12-26(2)13-15-27/h4-11H,3,12-17H2,1-2H3,(H2,24,25,28,33). The molecule has 0 aromatic heterocycles. The fourth-order valence-electron chi connectivity index (χ4n) is 3.36. The van der Waals surface area contributed by atoms with Crippen LogP contribution in [-0.4, -0.2) is 81.7 Å². The molecule has 9 nitrogen and oxygen atoms in total. The lowest BCUT2D eigenvalue weighted by atomic mass is 10.2. The maximum absolute atomic E-state index is 12.9. The maximum atomic E-state index is 12.9. The van der Waals surface area contributed by atoms with Gasteiger partial charge in [0.1, 0.15) is 12.4 Å². The zero-order valence-electron chi connectivity index (χ0n) is 19.3. The highest BCUT2D eigenvalue weighted by atomic mass is 32.2. The second kappa shape index (κ2) is 12.2. The van der Waals surface area contributed by atoms with E-state index in [1.807, 2.05) is 14.0 Å². The Balaban J connectivity index is 1.58. The summed E-state index contributed by atoms with van der Waals surface area (Å²) in [6.07, 6.45) is 0. The molecule has 0 aliphatic carbocycles. The molecular formula is C23H30N4O5S2. The van der Waals surface area contributed by atoms with Gasteiger partial charge in [0, 0.05) is 38.5 Å². The molecule has 0 unspecified atom stereocenters. The Bertz CT molecular complexity index is 1080. The Morgan fingerprint density at radius 3 is 2.38 bits per heavy atom. The number of hydrogen-bond donors (Lipinski definition) is 2. The summed E-state index contributed by atoms with van der Waals surface area (Å²) in [4.78, 5) is 15.0. The van der Waals surface area contributed by atoms with Crippen molar-refractivity contribution in [1.82, 2.24) is 14.5 Å². The first-order valence-corrected chi connectivity index (χ1v) is 12.9. The molecule has 34 heavy (non-hydrogen) atoms. The highest BCUT2D eigenvalue weighted by Crippen LogP contribution is 2.20. The zero-order chi connectivity index (χ0) is 24.6. The molecule has 1 fully saturated rings. The fourth-order valence-corrected chi connectivity index (χ4v) is 4.99. The lowest BCUT2D eigenvalue weighted by Gasteiger charge is -2.31. The van der Waals surface area contributed by atoms with E-state index in [-0.39, 0.29) is 10.0 Å². The number of thiocarbonyl (C=S) groups is 1. The van der Waals surface area contributed by atoms with E-state index in [0.717, 1.165) is 0 Å². The number of nitrogens with one attached hydrogen (secondary N) is 2. The summed E-state index contributed by atoms with van der Waals surface area (Å²) in [6.45, 7) is 5.57. The van der Waals surface area contributed by atoms with E-state index in [0.29, 0.717) is 63.0 Å². The highest BCUT2D eigenvalue weighted by Gasteiger charge is 2.27. The summed E-state index contributed by atoms with van der Waals surface area (Å²) in [5.74, 6) is 0.0137. The smallest absolute Gasteiger partial charge is 0.261 e. The van der Waals surface area contributed by atoms with Gasteiger partial charge in [-0.15, -0.1) is 0 Å². The van der Waals surface area contributed by atoms with Crippen molar-refractivity contribution in [2.45, 2.75) is 11.8 Å². The molecule has 2 aromatic carbocycles. The number of para-hydroxylation sites is 1. The summed E-state index contributed by atoms with van der Waals surface area (Å²) in [5.41, 5.74) is 0.903. The minimum Gasteiger partial charge on any atom is -0.490 e. The van der Waals surface area contributed by atoms with Gasteiger partial charge in [-0.3, -0.25) is 10.1 Å². The third-order valence-corrected chi connectivity index (χ3v) is 7.38. The van der Waals surface area contributed by atoms with Crippen molar-refractivity contribution in [2.75, 3.05) is 58.4 Å². The van der Waals surface area contributed by atoms with Gasteiger partial charge in [0.05, 0.1) is 17.1 Å². The van der Waals surface area contributed by atoms with Gasteiger partial charge in [-0.25, -0.2) is 8.42 Å². The summed E-state index contributed by atoms with van der Waals surface area (Å²) in [7, 11) is -1.58. The normalized spacial score (nSPS) is 15.0. The monoisotopic (exact) mass is 506 g/mol. The molecule has 0 atom stereocenters. The largest absolute Gasteiger partial charge is 0.490 e. The lowest BCUT2D eigenvalue weighted by Crippen LogP contribution is -2.46. The van der Waals surface area contributed by atoms with Gasteiger partial charge in [0.25, 0.3) is 5.91 Å². The first-order chi connectivity index (χ1) is 16.3. The van der Waals surface area contributed by atoms with Crippen molar-refractivity contribution in [3.63, 3.8) is 0 Å². The Labute approximate surface area is 206 Å². The molecular weight excluding hydrogens is 476 g/mol. The van der Waals surface area contributed by atoms with Crippen molar-refractivity contribution >= 4 is 38.9 Å². The molecule has 1 saturated heterocycles. The van der Waals surface area contributed by atoms with Crippen LogP contribution in [0.1, 0.15) is 17.3 Å². The number of carbonyl (C=O) groups excluding carboxylic acids is 1. The van der Waals surface area contributed by atoms with Crippen molar-refractivity contribution in [3.05, 3.63) is 54.1 Å². The number of ether oxygens (including phenoxy) is 2. The number of amides is 1. The summed E-state index contributed by atoms with van der Waals surface area (Å²) in [6, 6.07) is 13.2. The van der Waals surface area contributed by atoms with Gasteiger partial charge in [-0.05, 0) is 62.6 Å². The van der Waals surface area contributed by atoms with Gasteiger partial charge in [-0.2, -0.15) is 4.31 Å². The van der Waals surface area contributed by atoms with Gasteiger partial charge >= 0.3 is 0 Å². The molecule has 0 bridgehead atoms. The topological polar surface area (TPSA) is 100 Å². The predicted molar refractivity (Wildman–Crippen MR) is 135 cm³/mol. The Morgan fingerprint density at radius 1 is 1.03 bits per heavy atom. The number of piperazine rings is 1. The predicted octanol–water partition coefficient (Wildman–Crippen LogP) is 2.16. The number of nitrogens with zero attached hydrogens (tertiary/aromatic N) is 2. The van der Waals surface area contributed by atoms with Crippen LogP contribution in [0.4, 0.5) is 5.69 Å². The quantitative estimate of drug-likeness (QED) is 0.394. The summed E-state index contributed by atoms with van der Waals surface area (Å²) in [5, 5.41) is 5.62. The first kappa shape index (κ1) is 26.0. The van der Waals surface area contributed by atoms with E-state index < -0.39 is 15.9 Å². The summed E-state index contributed by atoms with van der Waals surface area (Å²) < 4.78 is 38.1. The van der Waals surface area contributed by atoms with Crippen LogP contribution in [0, 0.1) is 0 Å². The van der Waals surface area contributed by atoms with Crippen LogP contribution in [0.5, 0.6) is 5.75 Å². The number of sulfonamides is 1. The average Bonchev–Trinajstić information content (AvgIpc) is 2.82. The van der Waals surface area contributed by atoms with Crippen LogP contribution in [0.3, 0.4) is 0 Å².